The van der Waals surface area contributed by atoms with Crippen LogP contribution in [0.2, 0.25) is 0 Å². The van der Waals surface area contributed by atoms with Gasteiger partial charge in [0.15, 0.2) is 0 Å². The molecule has 1 amide bonds. The summed E-state index contributed by atoms with van der Waals surface area (Å²) in [5.74, 6) is 0.586. The van der Waals surface area contributed by atoms with Gasteiger partial charge in [0.2, 0.25) is 5.91 Å². The SMILES string of the molecule is CCC1CCC(O)(CNC(=O)[C@@H](N)CC)CC1. The van der Waals surface area contributed by atoms with Crippen LogP contribution in [0.4, 0.5) is 0 Å². The first-order chi connectivity index (χ1) is 8.00. The van der Waals surface area contributed by atoms with E-state index in [2.05, 4.69) is 12.2 Å². The largest absolute Gasteiger partial charge is 0.388 e. The number of hydrogen-bond donors (Lipinski definition) is 3. The maximum Gasteiger partial charge on any atom is 0.237 e. The number of carbonyl (C=O) groups is 1. The monoisotopic (exact) mass is 242 g/mol. The summed E-state index contributed by atoms with van der Waals surface area (Å²) in [5, 5.41) is 13.1. The van der Waals surface area contributed by atoms with Gasteiger partial charge in [-0.25, -0.2) is 0 Å². The summed E-state index contributed by atoms with van der Waals surface area (Å²) >= 11 is 0. The van der Waals surface area contributed by atoms with Crippen molar-refractivity contribution >= 4 is 5.91 Å². The average Bonchev–Trinajstić information content (AvgIpc) is 2.36. The minimum atomic E-state index is -0.714. The fourth-order valence-corrected chi connectivity index (χ4v) is 2.37. The van der Waals surface area contributed by atoms with Gasteiger partial charge in [-0.2, -0.15) is 0 Å². The first-order valence-corrected chi connectivity index (χ1v) is 6.76. The topological polar surface area (TPSA) is 75.3 Å². The number of carbonyl (C=O) groups excluding carboxylic acids is 1. The van der Waals surface area contributed by atoms with E-state index in [0.717, 1.165) is 31.6 Å². The minimum absolute atomic E-state index is 0.154. The van der Waals surface area contributed by atoms with Crippen LogP contribution in [0.5, 0.6) is 0 Å². The Morgan fingerprint density at radius 2 is 2.06 bits per heavy atom. The van der Waals surface area contributed by atoms with Crippen molar-refractivity contribution in [2.75, 3.05) is 6.54 Å². The van der Waals surface area contributed by atoms with E-state index in [-0.39, 0.29) is 5.91 Å². The molecule has 0 unspecified atom stereocenters. The Morgan fingerprint density at radius 1 is 1.47 bits per heavy atom. The van der Waals surface area contributed by atoms with Crippen LogP contribution in [0.3, 0.4) is 0 Å². The zero-order chi connectivity index (χ0) is 12.9. The first-order valence-electron chi connectivity index (χ1n) is 6.76. The highest BCUT2D eigenvalue weighted by Crippen LogP contribution is 2.33. The molecule has 17 heavy (non-hydrogen) atoms. The lowest BCUT2D eigenvalue weighted by molar-refractivity contribution is -0.124. The lowest BCUT2D eigenvalue weighted by Crippen LogP contribution is -2.49. The van der Waals surface area contributed by atoms with Crippen molar-refractivity contribution in [1.29, 1.82) is 0 Å². The number of rotatable bonds is 5. The normalized spacial score (nSPS) is 30.9. The van der Waals surface area contributed by atoms with Gasteiger partial charge in [0, 0.05) is 6.54 Å². The molecule has 4 nitrogen and oxygen atoms in total. The highest BCUT2D eigenvalue weighted by molar-refractivity contribution is 5.81. The van der Waals surface area contributed by atoms with Crippen LogP contribution in [0.1, 0.15) is 52.4 Å². The minimum Gasteiger partial charge on any atom is -0.388 e. The molecule has 0 aromatic rings. The second-order valence-electron chi connectivity index (χ2n) is 5.31. The number of nitrogens with two attached hydrogens (primary N) is 1. The van der Waals surface area contributed by atoms with Crippen molar-refractivity contribution in [1.82, 2.24) is 5.32 Å². The van der Waals surface area contributed by atoms with Crippen LogP contribution in [0.15, 0.2) is 0 Å². The summed E-state index contributed by atoms with van der Waals surface area (Å²) in [4.78, 5) is 11.5. The lowest BCUT2D eigenvalue weighted by Gasteiger charge is -2.36. The Bertz CT molecular complexity index is 248. The van der Waals surface area contributed by atoms with Gasteiger partial charge < -0.3 is 16.2 Å². The molecule has 0 spiro atoms. The van der Waals surface area contributed by atoms with Gasteiger partial charge in [-0.05, 0) is 38.0 Å². The third-order valence-electron chi connectivity index (χ3n) is 3.98. The number of hydrogen-bond acceptors (Lipinski definition) is 3. The fourth-order valence-electron chi connectivity index (χ4n) is 2.37. The number of nitrogens with one attached hydrogen (secondary N) is 1. The van der Waals surface area contributed by atoms with Crippen LogP contribution < -0.4 is 11.1 Å². The van der Waals surface area contributed by atoms with Crippen LogP contribution in [0, 0.1) is 5.92 Å². The lowest BCUT2D eigenvalue weighted by atomic mass is 9.78. The molecule has 100 valence electrons. The van der Waals surface area contributed by atoms with E-state index in [0.29, 0.717) is 13.0 Å². The summed E-state index contributed by atoms with van der Waals surface area (Å²) in [6, 6.07) is -0.453. The molecule has 0 bridgehead atoms. The summed E-state index contributed by atoms with van der Waals surface area (Å²) in [6.07, 6.45) is 5.50. The molecular formula is C13H26N2O2. The smallest absolute Gasteiger partial charge is 0.237 e. The van der Waals surface area contributed by atoms with Gasteiger partial charge in [0.05, 0.1) is 11.6 Å². The van der Waals surface area contributed by atoms with Gasteiger partial charge in [-0.15, -0.1) is 0 Å². The highest BCUT2D eigenvalue weighted by atomic mass is 16.3. The Balaban J connectivity index is 2.34. The van der Waals surface area contributed by atoms with E-state index in [1.807, 2.05) is 6.92 Å². The molecule has 0 aromatic carbocycles. The summed E-state index contributed by atoms with van der Waals surface area (Å²) in [5.41, 5.74) is 4.91. The van der Waals surface area contributed by atoms with E-state index in [9.17, 15) is 9.90 Å². The van der Waals surface area contributed by atoms with Gasteiger partial charge in [0.1, 0.15) is 0 Å². The highest BCUT2D eigenvalue weighted by Gasteiger charge is 2.33. The molecule has 0 aliphatic heterocycles. The van der Waals surface area contributed by atoms with Crippen molar-refractivity contribution in [2.24, 2.45) is 11.7 Å². The molecule has 0 heterocycles. The number of aliphatic hydroxyl groups is 1. The second kappa shape index (κ2) is 6.36. The predicted octanol–water partition coefficient (Wildman–Crippen LogP) is 1.17. The van der Waals surface area contributed by atoms with Crippen molar-refractivity contribution in [3.63, 3.8) is 0 Å². The van der Waals surface area contributed by atoms with Gasteiger partial charge >= 0.3 is 0 Å². The molecule has 1 aliphatic carbocycles. The molecular weight excluding hydrogens is 216 g/mol. The predicted molar refractivity (Wildman–Crippen MR) is 68.5 cm³/mol. The Kier molecular flexibility index (Phi) is 5.40. The molecule has 4 heteroatoms. The molecule has 1 saturated carbocycles. The maximum atomic E-state index is 11.5. The zero-order valence-electron chi connectivity index (χ0n) is 11.0. The van der Waals surface area contributed by atoms with Gasteiger partial charge in [-0.3, -0.25) is 4.79 Å². The summed E-state index contributed by atoms with van der Waals surface area (Å²) in [7, 11) is 0. The first kappa shape index (κ1) is 14.5. The fraction of sp³-hybridized carbons (Fsp3) is 0.923. The van der Waals surface area contributed by atoms with Crippen LogP contribution in [-0.2, 0) is 4.79 Å². The van der Waals surface area contributed by atoms with Crippen molar-refractivity contribution < 1.29 is 9.90 Å². The molecule has 1 atom stereocenters. The van der Waals surface area contributed by atoms with Crippen LogP contribution >= 0.6 is 0 Å². The van der Waals surface area contributed by atoms with E-state index in [1.54, 1.807) is 0 Å². The third-order valence-corrected chi connectivity index (χ3v) is 3.98. The van der Waals surface area contributed by atoms with Crippen molar-refractivity contribution in [3.8, 4) is 0 Å². The maximum absolute atomic E-state index is 11.5. The van der Waals surface area contributed by atoms with Gasteiger partial charge in [0.25, 0.3) is 0 Å². The van der Waals surface area contributed by atoms with Crippen LogP contribution in [-0.4, -0.2) is 29.2 Å². The molecule has 1 fully saturated rings. The average molecular weight is 242 g/mol. The molecule has 0 aromatic heterocycles. The molecule has 4 N–H and O–H groups in total. The van der Waals surface area contributed by atoms with E-state index in [4.69, 9.17) is 5.73 Å². The third kappa shape index (κ3) is 4.28. The second-order valence-corrected chi connectivity index (χ2v) is 5.31. The summed E-state index contributed by atoms with van der Waals surface area (Å²) < 4.78 is 0. The quantitative estimate of drug-likeness (QED) is 0.677. The molecule has 0 radical (unpaired) electrons. The van der Waals surface area contributed by atoms with Crippen molar-refractivity contribution in [3.05, 3.63) is 0 Å². The summed E-state index contributed by atoms with van der Waals surface area (Å²) in [6.45, 7) is 4.42. The van der Waals surface area contributed by atoms with Crippen molar-refractivity contribution in [2.45, 2.75) is 64.0 Å². The van der Waals surface area contributed by atoms with E-state index < -0.39 is 11.6 Å². The van der Waals surface area contributed by atoms with E-state index in [1.165, 1.54) is 6.42 Å². The molecule has 1 rings (SSSR count). The zero-order valence-corrected chi connectivity index (χ0v) is 11.0. The van der Waals surface area contributed by atoms with Gasteiger partial charge in [-0.1, -0.05) is 20.3 Å². The molecule has 0 saturated heterocycles. The Labute approximate surface area is 104 Å². The number of amides is 1. The van der Waals surface area contributed by atoms with Crippen LogP contribution in [0.25, 0.3) is 0 Å². The molecule has 1 aliphatic rings. The Hall–Kier alpha value is -0.610. The Morgan fingerprint density at radius 3 is 2.53 bits per heavy atom. The standard InChI is InChI=1S/C13H26N2O2/c1-3-10-5-7-13(17,8-6-10)9-15-12(16)11(14)4-2/h10-11,17H,3-9,14H2,1-2H3,(H,15,16)/t10?,11-,13?/m0/s1. The van der Waals surface area contributed by atoms with E-state index >= 15 is 0 Å².